The molecule has 0 radical (unpaired) electrons. The molecule has 1 atom stereocenters. The Bertz CT molecular complexity index is 1170. The minimum atomic E-state index is 0.124. The van der Waals surface area contributed by atoms with Gasteiger partial charge in [-0.3, -0.25) is 14.9 Å². The molecule has 2 aromatic carbocycles. The second-order valence-electron chi connectivity index (χ2n) is 7.81. The standard InChI is InChI=1S/C26H23N5/c27-17-22-16-21-7-1-2-9-24(21)26(25-10-4-3-8-23(22)25)30-12-14-31(15-13-30)29-19-20-6-5-11-28-18-20/h1-11,16,18-19,26H,12-15H2/b29-19+. The third-order valence-corrected chi connectivity index (χ3v) is 5.97. The van der Waals surface area contributed by atoms with Crippen molar-refractivity contribution >= 4 is 17.9 Å². The smallest absolute Gasteiger partial charge is 0.0998 e. The van der Waals surface area contributed by atoms with Crippen LogP contribution in [0.25, 0.3) is 11.6 Å². The number of aromatic nitrogens is 1. The molecule has 5 rings (SSSR count). The number of pyridine rings is 1. The lowest BCUT2D eigenvalue weighted by Gasteiger charge is -2.39. The Balaban J connectivity index is 1.43. The average molecular weight is 406 g/mol. The lowest BCUT2D eigenvalue weighted by molar-refractivity contribution is 0.112. The fraction of sp³-hybridized carbons (Fsp3) is 0.192. The highest BCUT2D eigenvalue weighted by Gasteiger charge is 2.31. The van der Waals surface area contributed by atoms with E-state index in [1.807, 2.05) is 42.8 Å². The summed E-state index contributed by atoms with van der Waals surface area (Å²) in [5, 5.41) is 16.6. The molecule has 1 saturated heterocycles. The summed E-state index contributed by atoms with van der Waals surface area (Å²) in [6, 6.07) is 23.2. The van der Waals surface area contributed by atoms with Gasteiger partial charge in [-0.1, -0.05) is 54.6 Å². The Labute approximate surface area is 182 Å². The minimum Gasteiger partial charge on any atom is -0.294 e. The number of benzene rings is 2. The van der Waals surface area contributed by atoms with Crippen LogP contribution < -0.4 is 0 Å². The van der Waals surface area contributed by atoms with Crippen LogP contribution in [-0.2, 0) is 0 Å². The van der Waals surface area contributed by atoms with E-state index in [0.29, 0.717) is 0 Å². The van der Waals surface area contributed by atoms with Crippen LogP contribution in [0.1, 0.15) is 33.9 Å². The van der Waals surface area contributed by atoms with Crippen molar-refractivity contribution in [2.24, 2.45) is 5.10 Å². The summed E-state index contributed by atoms with van der Waals surface area (Å²) in [6.07, 6.45) is 7.49. The minimum absolute atomic E-state index is 0.124. The SMILES string of the molecule is N#CC1=Cc2ccccc2C(N2CCN(/N=C/c3cccnc3)CC2)c2ccccc21. The molecule has 152 valence electrons. The van der Waals surface area contributed by atoms with Gasteiger partial charge in [0.1, 0.15) is 0 Å². The number of nitrogens with zero attached hydrogens (tertiary/aromatic N) is 5. The molecule has 0 N–H and O–H groups in total. The van der Waals surface area contributed by atoms with E-state index in [2.05, 4.69) is 62.5 Å². The molecule has 0 saturated carbocycles. The van der Waals surface area contributed by atoms with Gasteiger partial charge in [-0.2, -0.15) is 10.4 Å². The molecule has 0 bridgehead atoms. The van der Waals surface area contributed by atoms with E-state index < -0.39 is 0 Å². The first kappa shape index (κ1) is 19.2. The number of fused-ring (bicyclic) bond motifs is 2. The Kier molecular flexibility index (Phi) is 5.30. The van der Waals surface area contributed by atoms with Crippen molar-refractivity contribution in [3.8, 4) is 6.07 Å². The van der Waals surface area contributed by atoms with Crippen LogP contribution in [0.5, 0.6) is 0 Å². The molecule has 1 aromatic heterocycles. The van der Waals surface area contributed by atoms with Crippen molar-refractivity contribution in [3.05, 3.63) is 101 Å². The van der Waals surface area contributed by atoms with E-state index in [1.54, 1.807) is 6.20 Å². The number of rotatable bonds is 3. The summed E-state index contributed by atoms with van der Waals surface area (Å²) >= 11 is 0. The summed E-state index contributed by atoms with van der Waals surface area (Å²) in [7, 11) is 0. The van der Waals surface area contributed by atoms with Gasteiger partial charge in [0.05, 0.1) is 23.9 Å². The van der Waals surface area contributed by atoms with E-state index in [-0.39, 0.29) is 6.04 Å². The molecule has 0 amide bonds. The molecule has 1 aliphatic carbocycles. The Morgan fingerprint density at radius 1 is 0.935 bits per heavy atom. The predicted molar refractivity (Wildman–Crippen MR) is 123 cm³/mol. The normalized spacial score (nSPS) is 18.6. The highest BCUT2D eigenvalue weighted by Crippen LogP contribution is 2.39. The molecular weight excluding hydrogens is 382 g/mol. The number of nitriles is 1. The number of hydrazone groups is 1. The summed E-state index contributed by atoms with van der Waals surface area (Å²) in [5.41, 5.74) is 6.34. The largest absolute Gasteiger partial charge is 0.294 e. The van der Waals surface area contributed by atoms with Crippen molar-refractivity contribution in [1.82, 2.24) is 14.9 Å². The van der Waals surface area contributed by atoms with E-state index >= 15 is 0 Å². The highest BCUT2D eigenvalue weighted by atomic mass is 15.5. The van der Waals surface area contributed by atoms with E-state index in [9.17, 15) is 5.26 Å². The molecule has 5 heteroatoms. The predicted octanol–water partition coefficient (Wildman–Crippen LogP) is 4.20. The molecule has 0 spiro atoms. The Morgan fingerprint density at radius 3 is 2.48 bits per heavy atom. The summed E-state index contributed by atoms with van der Waals surface area (Å²) in [5.74, 6) is 0. The zero-order valence-corrected chi connectivity index (χ0v) is 17.2. The van der Waals surface area contributed by atoms with Crippen LogP contribution in [0.3, 0.4) is 0 Å². The lowest BCUT2D eigenvalue weighted by Crippen LogP contribution is -2.46. The number of hydrogen-bond donors (Lipinski definition) is 0. The van der Waals surface area contributed by atoms with E-state index in [1.165, 1.54) is 11.1 Å². The van der Waals surface area contributed by atoms with Crippen molar-refractivity contribution in [2.45, 2.75) is 6.04 Å². The molecule has 5 nitrogen and oxygen atoms in total. The second kappa shape index (κ2) is 8.55. The summed E-state index contributed by atoms with van der Waals surface area (Å²) in [4.78, 5) is 6.66. The van der Waals surface area contributed by atoms with Gasteiger partial charge in [-0.15, -0.1) is 0 Å². The zero-order chi connectivity index (χ0) is 21.0. The van der Waals surface area contributed by atoms with E-state index in [4.69, 9.17) is 0 Å². The Hall–Kier alpha value is -3.75. The topological polar surface area (TPSA) is 55.5 Å². The molecule has 1 unspecified atom stereocenters. The van der Waals surface area contributed by atoms with Crippen LogP contribution in [0, 0.1) is 11.3 Å². The van der Waals surface area contributed by atoms with Crippen molar-refractivity contribution in [2.75, 3.05) is 26.2 Å². The molecule has 31 heavy (non-hydrogen) atoms. The van der Waals surface area contributed by atoms with Gasteiger partial charge >= 0.3 is 0 Å². The number of piperazine rings is 1. The summed E-state index contributed by atoms with van der Waals surface area (Å²) < 4.78 is 0. The maximum Gasteiger partial charge on any atom is 0.0998 e. The van der Waals surface area contributed by atoms with Crippen LogP contribution >= 0.6 is 0 Å². The summed E-state index contributed by atoms with van der Waals surface area (Å²) in [6.45, 7) is 3.52. The first-order valence-corrected chi connectivity index (χ1v) is 10.6. The average Bonchev–Trinajstić information content (AvgIpc) is 2.98. The van der Waals surface area contributed by atoms with E-state index in [0.717, 1.165) is 48.4 Å². The van der Waals surface area contributed by atoms with Gasteiger partial charge in [-0.05, 0) is 34.4 Å². The van der Waals surface area contributed by atoms with Crippen LogP contribution in [0.15, 0.2) is 78.2 Å². The van der Waals surface area contributed by atoms with Crippen LogP contribution in [0.4, 0.5) is 0 Å². The third kappa shape index (κ3) is 3.86. The van der Waals surface area contributed by atoms with Crippen LogP contribution in [-0.4, -0.2) is 47.3 Å². The van der Waals surface area contributed by atoms with Gasteiger partial charge in [0, 0.05) is 44.1 Å². The molecule has 2 heterocycles. The fourth-order valence-corrected chi connectivity index (χ4v) is 4.44. The highest BCUT2D eigenvalue weighted by molar-refractivity contribution is 5.93. The van der Waals surface area contributed by atoms with Crippen LogP contribution in [0.2, 0.25) is 0 Å². The molecule has 2 aliphatic rings. The third-order valence-electron chi connectivity index (χ3n) is 5.97. The molecule has 1 fully saturated rings. The van der Waals surface area contributed by atoms with Gasteiger partial charge < -0.3 is 0 Å². The maximum absolute atomic E-state index is 9.81. The van der Waals surface area contributed by atoms with Gasteiger partial charge in [-0.25, -0.2) is 0 Å². The van der Waals surface area contributed by atoms with Crippen molar-refractivity contribution in [3.63, 3.8) is 0 Å². The number of hydrogen-bond acceptors (Lipinski definition) is 5. The number of allylic oxidation sites excluding steroid dienone is 1. The maximum atomic E-state index is 9.81. The van der Waals surface area contributed by atoms with Gasteiger partial charge in [0.25, 0.3) is 0 Å². The van der Waals surface area contributed by atoms with Gasteiger partial charge in [0.15, 0.2) is 0 Å². The monoisotopic (exact) mass is 405 g/mol. The molecule has 1 aliphatic heterocycles. The zero-order valence-electron chi connectivity index (χ0n) is 17.2. The lowest BCUT2D eigenvalue weighted by atomic mass is 9.91. The fourth-order valence-electron chi connectivity index (χ4n) is 4.44. The quantitative estimate of drug-likeness (QED) is 0.613. The molecule has 3 aromatic rings. The Morgan fingerprint density at radius 2 is 1.71 bits per heavy atom. The second-order valence-corrected chi connectivity index (χ2v) is 7.81. The van der Waals surface area contributed by atoms with Crippen molar-refractivity contribution in [1.29, 1.82) is 5.26 Å². The first-order chi connectivity index (χ1) is 15.3. The van der Waals surface area contributed by atoms with Gasteiger partial charge in [0.2, 0.25) is 0 Å². The molecular formula is C26H23N5. The first-order valence-electron chi connectivity index (χ1n) is 10.6. The van der Waals surface area contributed by atoms with Crippen molar-refractivity contribution < 1.29 is 0 Å².